The van der Waals surface area contributed by atoms with Gasteiger partial charge >= 0.3 is 0 Å². The van der Waals surface area contributed by atoms with E-state index in [9.17, 15) is 4.39 Å². The quantitative estimate of drug-likeness (QED) is 0.550. The number of hydrogen-bond donors (Lipinski definition) is 0. The van der Waals surface area contributed by atoms with Gasteiger partial charge in [-0.15, -0.1) is 11.6 Å². The van der Waals surface area contributed by atoms with Gasteiger partial charge < -0.3 is 0 Å². The van der Waals surface area contributed by atoms with Gasteiger partial charge in [-0.25, -0.2) is 4.39 Å². The SMILES string of the molecule is FC1(Cl)[C@]23CCCCCC[C@@]12CC(Cl)C3. The summed E-state index contributed by atoms with van der Waals surface area (Å²) in [4.78, 5) is 0. The summed E-state index contributed by atoms with van der Waals surface area (Å²) in [5.74, 6) is 0. The second kappa shape index (κ2) is 3.04. The summed E-state index contributed by atoms with van der Waals surface area (Å²) < 4.78 is 14.5. The Kier molecular flexibility index (Phi) is 2.16. The fourth-order valence-corrected chi connectivity index (χ4v) is 5.61. The Hall–Kier alpha value is 0.510. The van der Waals surface area contributed by atoms with E-state index in [-0.39, 0.29) is 16.2 Å². The Bertz CT molecular complexity index is 265. The molecule has 3 heteroatoms. The summed E-state index contributed by atoms with van der Waals surface area (Å²) in [6, 6.07) is 0. The maximum absolute atomic E-state index is 14.5. The van der Waals surface area contributed by atoms with Crippen LogP contribution in [0.25, 0.3) is 0 Å². The molecule has 3 fully saturated rings. The molecule has 0 aromatic heterocycles. The van der Waals surface area contributed by atoms with Crippen LogP contribution in [0.2, 0.25) is 0 Å². The second-order valence-electron chi connectivity index (χ2n) is 5.66. The van der Waals surface area contributed by atoms with Crippen molar-refractivity contribution in [3.8, 4) is 0 Å². The summed E-state index contributed by atoms with van der Waals surface area (Å²) in [6.07, 6.45) is 8.23. The lowest BCUT2D eigenvalue weighted by molar-refractivity contribution is 0.272. The van der Waals surface area contributed by atoms with Crippen LogP contribution in [0.15, 0.2) is 0 Å². The Morgan fingerprint density at radius 3 is 1.87 bits per heavy atom. The topological polar surface area (TPSA) is 0 Å². The van der Waals surface area contributed by atoms with Crippen LogP contribution in [0.5, 0.6) is 0 Å². The zero-order chi connectivity index (χ0) is 10.7. The molecule has 0 aromatic carbocycles. The van der Waals surface area contributed by atoms with E-state index < -0.39 is 5.13 Å². The van der Waals surface area contributed by atoms with Crippen molar-refractivity contribution < 1.29 is 4.39 Å². The molecule has 0 bridgehead atoms. The molecule has 0 aromatic rings. The van der Waals surface area contributed by atoms with Gasteiger partial charge in [0.05, 0.1) is 0 Å². The fourth-order valence-electron chi connectivity index (χ4n) is 4.42. The van der Waals surface area contributed by atoms with Crippen molar-refractivity contribution in [1.82, 2.24) is 0 Å². The van der Waals surface area contributed by atoms with Gasteiger partial charge in [-0.05, 0) is 25.7 Å². The van der Waals surface area contributed by atoms with E-state index in [1.807, 2.05) is 0 Å². The molecule has 0 spiro atoms. The molecule has 0 saturated heterocycles. The predicted molar refractivity (Wildman–Crippen MR) is 61.1 cm³/mol. The maximum Gasteiger partial charge on any atom is 0.196 e. The molecule has 2 atom stereocenters. The average molecular weight is 251 g/mol. The van der Waals surface area contributed by atoms with Crippen LogP contribution in [0.4, 0.5) is 4.39 Å². The Morgan fingerprint density at radius 1 is 0.933 bits per heavy atom. The monoisotopic (exact) mass is 250 g/mol. The minimum absolute atomic E-state index is 0.158. The smallest absolute Gasteiger partial charge is 0.196 e. The molecule has 0 nitrogen and oxygen atoms in total. The van der Waals surface area contributed by atoms with E-state index >= 15 is 0 Å². The minimum atomic E-state index is -1.43. The van der Waals surface area contributed by atoms with E-state index in [1.54, 1.807) is 0 Å². The van der Waals surface area contributed by atoms with Gasteiger partial charge in [-0.3, -0.25) is 0 Å². The Balaban J connectivity index is 1.95. The van der Waals surface area contributed by atoms with Crippen molar-refractivity contribution in [1.29, 1.82) is 0 Å². The highest BCUT2D eigenvalue weighted by Crippen LogP contribution is 2.87. The Morgan fingerprint density at radius 2 is 1.40 bits per heavy atom. The van der Waals surface area contributed by atoms with Gasteiger partial charge in [0, 0.05) is 16.2 Å². The maximum atomic E-state index is 14.5. The van der Waals surface area contributed by atoms with Crippen LogP contribution in [-0.4, -0.2) is 10.5 Å². The predicted octanol–water partition coefficient (Wildman–Crippen LogP) is 4.63. The van der Waals surface area contributed by atoms with Crippen LogP contribution >= 0.6 is 23.2 Å². The highest BCUT2D eigenvalue weighted by Gasteiger charge is 2.89. The summed E-state index contributed by atoms with van der Waals surface area (Å²) in [7, 11) is 0. The average Bonchev–Trinajstić information content (AvgIpc) is 2.41. The molecule has 15 heavy (non-hydrogen) atoms. The molecule has 3 rings (SSSR count). The lowest BCUT2D eigenvalue weighted by Crippen LogP contribution is -2.16. The van der Waals surface area contributed by atoms with Gasteiger partial charge in [0.1, 0.15) is 0 Å². The normalized spacial score (nSPS) is 55.4. The third-order valence-corrected chi connectivity index (χ3v) is 6.18. The number of alkyl halides is 3. The first kappa shape index (κ1) is 10.7. The molecular formula is C12H17Cl2F. The van der Waals surface area contributed by atoms with Crippen LogP contribution in [0.3, 0.4) is 0 Å². The van der Waals surface area contributed by atoms with Crippen molar-refractivity contribution in [2.75, 3.05) is 0 Å². The Labute approximate surface area is 101 Å². The molecule has 0 amide bonds. The zero-order valence-electron chi connectivity index (χ0n) is 8.87. The van der Waals surface area contributed by atoms with Gasteiger partial charge in [0.15, 0.2) is 5.13 Å². The molecule has 86 valence electrons. The summed E-state index contributed by atoms with van der Waals surface area (Å²) in [5.41, 5.74) is -0.511. The summed E-state index contributed by atoms with van der Waals surface area (Å²) in [6.45, 7) is 0. The number of hydrogen-bond acceptors (Lipinski definition) is 0. The summed E-state index contributed by atoms with van der Waals surface area (Å²) in [5, 5.41) is -1.28. The highest BCUT2D eigenvalue weighted by atomic mass is 35.5. The minimum Gasteiger partial charge on any atom is -0.225 e. The van der Waals surface area contributed by atoms with Crippen LogP contribution in [0.1, 0.15) is 51.4 Å². The van der Waals surface area contributed by atoms with Gasteiger partial charge in [0.25, 0.3) is 0 Å². The third kappa shape index (κ3) is 1.05. The summed E-state index contributed by atoms with van der Waals surface area (Å²) >= 11 is 12.4. The van der Waals surface area contributed by atoms with E-state index in [1.165, 1.54) is 12.8 Å². The van der Waals surface area contributed by atoms with Crippen molar-refractivity contribution in [2.24, 2.45) is 10.8 Å². The first-order chi connectivity index (χ1) is 7.06. The van der Waals surface area contributed by atoms with Crippen LogP contribution in [-0.2, 0) is 0 Å². The molecule has 0 aliphatic heterocycles. The molecule has 0 radical (unpaired) electrons. The largest absolute Gasteiger partial charge is 0.225 e. The van der Waals surface area contributed by atoms with E-state index in [0.29, 0.717) is 0 Å². The van der Waals surface area contributed by atoms with Crippen molar-refractivity contribution in [3.63, 3.8) is 0 Å². The van der Waals surface area contributed by atoms with Gasteiger partial charge in [-0.1, -0.05) is 37.3 Å². The van der Waals surface area contributed by atoms with Gasteiger partial charge in [-0.2, -0.15) is 0 Å². The van der Waals surface area contributed by atoms with Crippen molar-refractivity contribution in [2.45, 2.75) is 61.9 Å². The fraction of sp³-hybridized carbons (Fsp3) is 1.00. The van der Waals surface area contributed by atoms with E-state index in [2.05, 4.69) is 0 Å². The van der Waals surface area contributed by atoms with Crippen molar-refractivity contribution >= 4 is 23.2 Å². The van der Waals surface area contributed by atoms with Crippen molar-refractivity contribution in [3.05, 3.63) is 0 Å². The highest BCUT2D eigenvalue weighted by molar-refractivity contribution is 6.28. The third-order valence-electron chi connectivity index (χ3n) is 5.15. The molecule has 3 aliphatic rings. The zero-order valence-corrected chi connectivity index (χ0v) is 10.4. The first-order valence-electron chi connectivity index (χ1n) is 6.08. The standard InChI is InChI=1S/C12H17Cl2F/c13-9-7-10-5-3-1-2-4-6-11(10,8-9)12(10,14)15/h9H,1-8H2/t9?,10-,11-,12?/m0/s1. The molecule has 0 unspecified atom stereocenters. The number of halogens is 3. The molecule has 0 heterocycles. The van der Waals surface area contributed by atoms with Crippen LogP contribution in [0, 0.1) is 10.8 Å². The number of rotatable bonds is 0. The van der Waals surface area contributed by atoms with Gasteiger partial charge in [0.2, 0.25) is 0 Å². The van der Waals surface area contributed by atoms with E-state index in [0.717, 1.165) is 38.5 Å². The second-order valence-corrected chi connectivity index (χ2v) is 6.80. The lowest BCUT2D eigenvalue weighted by atomic mass is 9.84. The molecule has 3 saturated carbocycles. The van der Waals surface area contributed by atoms with E-state index in [4.69, 9.17) is 23.2 Å². The molecule has 0 N–H and O–H groups in total. The first-order valence-corrected chi connectivity index (χ1v) is 6.89. The molecular weight excluding hydrogens is 234 g/mol. The van der Waals surface area contributed by atoms with Crippen LogP contribution < -0.4 is 0 Å². The molecule has 3 aliphatic carbocycles. The lowest BCUT2D eigenvalue weighted by Gasteiger charge is -2.18.